The molecule has 0 bridgehead atoms. The predicted molar refractivity (Wildman–Crippen MR) is 76.0 cm³/mol. The Morgan fingerprint density at radius 1 is 1.33 bits per heavy atom. The first-order chi connectivity index (χ1) is 8.54. The summed E-state index contributed by atoms with van der Waals surface area (Å²) in [6.45, 7) is 7.80. The van der Waals surface area contributed by atoms with Gasteiger partial charge in [0.1, 0.15) is 5.75 Å². The maximum Gasteiger partial charge on any atom is 0.120 e. The van der Waals surface area contributed by atoms with Crippen molar-refractivity contribution in [2.24, 2.45) is 0 Å². The molecule has 0 spiro atoms. The lowest BCUT2D eigenvalue weighted by molar-refractivity contribution is 0.389. The SMILES string of the molecule is CCC(C)(C)c1ccc(O)c(C2CCCCN2)c1. The van der Waals surface area contributed by atoms with Crippen LogP contribution in [0.25, 0.3) is 0 Å². The van der Waals surface area contributed by atoms with Crippen molar-refractivity contribution in [3.8, 4) is 5.75 Å². The molecule has 2 heteroatoms. The highest BCUT2D eigenvalue weighted by Crippen LogP contribution is 2.35. The van der Waals surface area contributed by atoms with Crippen LogP contribution in [-0.4, -0.2) is 11.7 Å². The van der Waals surface area contributed by atoms with E-state index in [2.05, 4.69) is 38.2 Å². The van der Waals surface area contributed by atoms with Crippen molar-refractivity contribution >= 4 is 0 Å². The normalized spacial score (nSPS) is 20.9. The topological polar surface area (TPSA) is 32.3 Å². The van der Waals surface area contributed by atoms with Gasteiger partial charge in [0, 0.05) is 11.6 Å². The van der Waals surface area contributed by atoms with Crippen LogP contribution in [0, 0.1) is 0 Å². The third kappa shape index (κ3) is 2.69. The maximum atomic E-state index is 10.1. The number of hydrogen-bond donors (Lipinski definition) is 2. The minimum Gasteiger partial charge on any atom is -0.508 e. The molecule has 0 saturated carbocycles. The van der Waals surface area contributed by atoms with E-state index in [1.165, 1.54) is 18.4 Å². The highest BCUT2D eigenvalue weighted by molar-refractivity contribution is 5.41. The molecule has 1 fully saturated rings. The third-order valence-corrected chi connectivity index (χ3v) is 4.38. The summed E-state index contributed by atoms with van der Waals surface area (Å²) >= 11 is 0. The molecular weight excluding hydrogens is 222 g/mol. The number of phenolic OH excluding ortho intramolecular Hbond substituents is 1. The van der Waals surface area contributed by atoms with Crippen LogP contribution in [0.15, 0.2) is 18.2 Å². The van der Waals surface area contributed by atoms with Crippen LogP contribution >= 0.6 is 0 Å². The zero-order chi connectivity index (χ0) is 13.2. The third-order valence-electron chi connectivity index (χ3n) is 4.38. The Hall–Kier alpha value is -1.02. The number of hydrogen-bond acceptors (Lipinski definition) is 2. The van der Waals surface area contributed by atoms with E-state index in [4.69, 9.17) is 0 Å². The van der Waals surface area contributed by atoms with Gasteiger partial charge in [-0.15, -0.1) is 0 Å². The number of benzene rings is 1. The van der Waals surface area contributed by atoms with Crippen molar-refractivity contribution in [3.63, 3.8) is 0 Å². The molecular formula is C16H25NO. The van der Waals surface area contributed by atoms with Gasteiger partial charge in [-0.2, -0.15) is 0 Å². The van der Waals surface area contributed by atoms with Crippen LogP contribution < -0.4 is 5.32 Å². The van der Waals surface area contributed by atoms with E-state index in [1.54, 1.807) is 0 Å². The highest BCUT2D eigenvalue weighted by Gasteiger charge is 2.23. The van der Waals surface area contributed by atoms with Crippen molar-refractivity contribution in [2.75, 3.05) is 6.54 Å². The molecule has 2 rings (SSSR count). The Morgan fingerprint density at radius 3 is 2.72 bits per heavy atom. The molecule has 0 radical (unpaired) electrons. The summed E-state index contributed by atoms with van der Waals surface area (Å²) in [4.78, 5) is 0. The summed E-state index contributed by atoms with van der Waals surface area (Å²) in [5, 5.41) is 13.6. The Bertz CT molecular complexity index is 406. The number of piperidine rings is 1. The Labute approximate surface area is 110 Å². The number of rotatable bonds is 3. The van der Waals surface area contributed by atoms with Gasteiger partial charge in [0.25, 0.3) is 0 Å². The molecule has 18 heavy (non-hydrogen) atoms. The highest BCUT2D eigenvalue weighted by atomic mass is 16.3. The summed E-state index contributed by atoms with van der Waals surface area (Å²) in [5.41, 5.74) is 2.58. The minimum atomic E-state index is 0.178. The predicted octanol–water partition coefficient (Wildman–Crippen LogP) is 3.89. The van der Waals surface area contributed by atoms with Gasteiger partial charge in [0.05, 0.1) is 0 Å². The molecule has 1 heterocycles. The first-order valence-electron chi connectivity index (χ1n) is 7.11. The zero-order valence-electron chi connectivity index (χ0n) is 11.8. The van der Waals surface area contributed by atoms with Gasteiger partial charge in [-0.25, -0.2) is 0 Å². The fraction of sp³-hybridized carbons (Fsp3) is 0.625. The van der Waals surface area contributed by atoms with Gasteiger partial charge >= 0.3 is 0 Å². The van der Waals surface area contributed by atoms with Gasteiger partial charge in [-0.3, -0.25) is 0 Å². The van der Waals surface area contributed by atoms with E-state index in [9.17, 15) is 5.11 Å². The van der Waals surface area contributed by atoms with Crippen LogP contribution in [0.5, 0.6) is 5.75 Å². The molecule has 0 aromatic heterocycles. The smallest absolute Gasteiger partial charge is 0.120 e. The average molecular weight is 247 g/mol. The first kappa shape index (κ1) is 13.4. The van der Waals surface area contributed by atoms with Gasteiger partial charge < -0.3 is 10.4 Å². The molecule has 0 aliphatic carbocycles. The van der Waals surface area contributed by atoms with Gasteiger partial charge in [-0.1, -0.05) is 33.3 Å². The summed E-state index contributed by atoms with van der Waals surface area (Å²) in [7, 11) is 0. The van der Waals surface area contributed by atoms with E-state index < -0.39 is 0 Å². The second-order valence-corrected chi connectivity index (χ2v) is 6.01. The Balaban J connectivity index is 2.31. The molecule has 2 N–H and O–H groups in total. The van der Waals surface area contributed by atoms with Crippen LogP contribution in [0.1, 0.15) is 63.6 Å². The second-order valence-electron chi connectivity index (χ2n) is 6.01. The number of phenols is 1. The molecule has 100 valence electrons. The van der Waals surface area contributed by atoms with Crippen molar-refractivity contribution in [2.45, 2.75) is 57.9 Å². The van der Waals surface area contributed by atoms with Gasteiger partial charge in [0.2, 0.25) is 0 Å². The molecule has 2 nitrogen and oxygen atoms in total. The first-order valence-corrected chi connectivity index (χ1v) is 7.11. The largest absolute Gasteiger partial charge is 0.508 e. The quantitative estimate of drug-likeness (QED) is 0.849. The van der Waals surface area contributed by atoms with Gasteiger partial charge in [0.15, 0.2) is 0 Å². The number of aromatic hydroxyl groups is 1. The Morgan fingerprint density at radius 2 is 2.11 bits per heavy atom. The summed E-state index contributed by atoms with van der Waals surface area (Å²) in [6.07, 6.45) is 4.73. The summed E-state index contributed by atoms with van der Waals surface area (Å²) in [6, 6.07) is 6.44. The molecule has 1 aliphatic rings. The number of nitrogens with one attached hydrogen (secondary N) is 1. The van der Waals surface area contributed by atoms with Crippen molar-refractivity contribution in [3.05, 3.63) is 29.3 Å². The van der Waals surface area contributed by atoms with Crippen LogP contribution in [0.2, 0.25) is 0 Å². The second kappa shape index (κ2) is 5.31. The molecule has 1 aromatic carbocycles. The van der Waals surface area contributed by atoms with E-state index >= 15 is 0 Å². The maximum absolute atomic E-state index is 10.1. The molecule has 1 aliphatic heterocycles. The van der Waals surface area contributed by atoms with Crippen LogP contribution in [0.4, 0.5) is 0 Å². The fourth-order valence-corrected chi connectivity index (χ4v) is 2.58. The van der Waals surface area contributed by atoms with E-state index in [0.29, 0.717) is 11.8 Å². The zero-order valence-corrected chi connectivity index (χ0v) is 11.8. The molecule has 1 unspecified atom stereocenters. The fourth-order valence-electron chi connectivity index (χ4n) is 2.58. The lowest BCUT2D eigenvalue weighted by Crippen LogP contribution is -2.27. The summed E-state index contributed by atoms with van der Waals surface area (Å²) < 4.78 is 0. The van der Waals surface area contributed by atoms with E-state index in [1.807, 2.05) is 6.07 Å². The minimum absolute atomic E-state index is 0.178. The average Bonchev–Trinajstić information content (AvgIpc) is 2.40. The van der Waals surface area contributed by atoms with E-state index in [0.717, 1.165) is 24.9 Å². The molecule has 1 saturated heterocycles. The molecule has 0 amide bonds. The van der Waals surface area contributed by atoms with Crippen LogP contribution in [0.3, 0.4) is 0 Å². The van der Waals surface area contributed by atoms with Crippen LogP contribution in [-0.2, 0) is 5.41 Å². The van der Waals surface area contributed by atoms with Crippen molar-refractivity contribution in [1.82, 2.24) is 5.32 Å². The monoisotopic (exact) mass is 247 g/mol. The van der Waals surface area contributed by atoms with Crippen molar-refractivity contribution in [1.29, 1.82) is 0 Å². The summed E-state index contributed by atoms with van der Waals surface area (Å²) in [5.74, 6) is 0.435. The van der Waals surface area contributed by atoms with Crippen molar-refractivity contribution < 1.29 is 5.11 Å². The van der Waals surface area contributed by atoms with E-state index in [-0.39, 0.29) is 5.41 Å². The lowest BCUT2D eigenvalue weighted by Gasteiger charge is -2.28. The van der Waals surface area contributed by atoms with Gasteiger partial charge in [-0.05, 0) is 48.9 Å². The lowest BCUT2D eigenvalue weighted by atomic mass is 9.80. The Kier molecular flexibility index (Phi) is 3.96. The molecule has 1 aromatic rings. The molecule has 1 atom stereocenters. The standard InChI is InChI=1S/C16H25NO/c1-4-16(2,3)12-8-9-15(18)13(11-12)14-7-5-6-10-17-14/h8-9,11,14,17-18H,4-7,10H2,1-3H3.